The Hall–Kier alpha value is -1.54. The average molecular weight is 379 g/mol. The maximum atomic E-state index is 12.4. The van der Waals surface area contributed by atoms with Gasteiger partial charge in [-0.3, -0.25) is 4.79 Å². The van der Waals surface area contributed by atoms with Gasteiger partial charge in [-0.15, -0.1) is 11.8 Å². The van der Waals surface area contributed by atoms with E-state index in [0.717, 1.165) is 11.8 Å². The summed E-state index contributed by atoms with van der Waals surface area (Å²) in [6.45, 7) is 0.580. The molecule has 1 fully saturated rings. The third-order valence-corrected chi connectivity index (χ3v) is 5.19. The highest BCUT2D eigenvalue weighted by Gasteiger charge is 2.28. The van der Waals surface area contributed by atoms with Crippen LogP contribution in [0.5, 0.6) is 0 Å². The number of carbonyl (C=O) groups is 2. The number of benzene rings is 1. The molecule has 2 rings (SSSR count). The zero-order valence-electron chi connectivity index (χ0n) is 12.7. The lowest BCUT2D eigenvalue weighted by molar-refractivity contribution is -0.143. The van der Waals surface area contributed by atoms with Gasteiger partial charge in [-0.1, -0.05) is 17.7 Å². The second-order valence-electron chi connectivity index (χ2n) is 5.37. The smallest absolute Gasteiger partial charge is 0.321 e. The lowest BCUT2D eigenvalue weighted by atomic mass is 9.99. The van der Waals surface area contributed by atoms with E-state index in [2.05, 4.69) is 5.32 Å². The number of hydrogen-bond donors (Lipinski definition) is 2. The van der Waals surface area contributed by atoms with Crippen molar-refractivity contribution in [1.82, 2.24) is 4.90 Å². The molecule has 5 nitrogen and oxygen atoms in total. The summed E-state index contributed by atoms with van der Waals surface area (Å²) in [5, 5.41) is 12.0. The highest BCUT2D eigenvalue weighted by atomic mass is 35.5. The number of rotatable bonds is 5. The van der Waals surface area contributed by atoms with Gasteiger partial charge in [0, 0.05) is 18.0 Å². The van der Waals surface area contributed by atoms with Gasteiger partial charge in [0.15, 0.2) is 0 Å². The molecular formula is C15H17ClF2N2O3S. The fourth-order valence-electron chi connectivity index (χ4n) is 2.46. The Morgan fingerprint density at radius 3 is 2.88 bits per heavy atom. The fourth-order valence-corrected chi connectivity index (χ4v) is 3.57. The highest BCUT2D eigenvalue weighted by Crippen LogP contribution is 2.35. The van der Waals surface area contributed by atoms with Crippen LogP contribution in [0.2, 0.25) is 5.02 Å². The van der Waals surface area contributed by atoms with Gasteiger partial charge in [-0.25, -0.2) is 13.6 Å². The Balaban J connectivity index is 2.08. The molecule has 2 N–H and O–H groups in total. The van der Waals surface area contributed by atoms with Gasteiger partial charge in [0.1, 0.15) is 0 Å². The first-order chi connectivity index (χ1) is 11.4. The Morgan fingerprint density at radius 1 is 1.46 bits per heavy atom. The van der Waals surface area contributed by atoms with Crippen LogP contribution >= 0.6 is 23.4 Å². The van der Waals surface area contributed by atoms with Crippen LogP contribution in [0.25, 0.3) is 0 Å². The highest BCUT2D eigenvalue weighted by molar-refractivity contribution is 7.99. The monoisotopic (exact) mass is 378 g/mol. The Bertz CT molecular complexity index is 618. The topological polar surface area (TPSA) is 69.6 Å². The van der Waals surface area contributed by atoms with Crippen LogP contribution < -0.4 is 5.32 Å². The number of anilines is 1. The van der Waals surface area contributed by atoms with Crippen molar-refractivity contribution < 1.29 is 23.5 Å². The van der Waals surface area contributed by atoms with Crippen molar-refractivity contribution in [3.8, 4) is 0 Å². The van der Waals surface area contributed by atoms with E-state index in [9.17, 15) is 18.4 Å². The van der Waals surface area contributed by atoms with Crippen LogP contribution in [0.1, 0.15) is 12.8 Å². The number of thioether (sulfide) groups is 1. The zero-order chi connectivity index (χ0) is 17.7. The summed E-state index contributed by atoms with van der Waals surface area (Å²) in [4.78, 5) is 25.2. The number of piperidine rings is 1. The molecule has 0 spiro atoms. The van der Waals surface area contributed by atoms with Crippen molar-refractivity contribution in [2.45, 2.75) is 24.2 Å². The summed E-state index contributed by atoms with van der Waals surface area (Å²) in [5.74, 6) is -1.95. The fraction of sp³-hybridized carbons (Fsp3) is 0.467. The number of carboxylic acids is 1. The molecule has 1 aliphatic rings. The molecule has 0 bridgehead atoms. The summed E-state index contributed by atoms with van der Waals surface area (Å²) < 4.78 is 24.9. The van der Waals surface area contributed by atoms with E-state index < -0.39 is 30.1 Å². The molecule has 0 radical (unpaired) electrons. The van der Waals surface area contributed by atoms with E-state index in [1.54, 1.807) is 18.2 Å². The van der Waals surface area contributed by atoms with Gasteiger partial charge >= 0.3 is 12.0 Å². The normalized spacial score (nSPS) is 17.8. The molecule has 1 saturated heterocycles. The maximum Gasteiger partial charge on any atom is 0.321 e. The minimum atomic E-state index is -2.49. The molecule has 0 saturated carbocycles. The summed E-state index contributed by atoms with van der Waals surface area (Å²) in [6, 6.07) is 4.30. The summed E-state index contributed by atoms with van der Waals surface area (Å²) in [6.07, 6.45) is -1.35. The van der Waals surface area contributed by atoms with Gasteiger partial charge in [-0.05, 0) is 25.0 Å². The quantitative estimate of drug-likeness (QED) is 0.759. The van der Waals surface area contributed by atoms with E-state index in [4.69, 9.17) is 16.7 Å². The molecule has 1 heterocycles. The van der Waals surface area contributed by atoms with Crippen molar-refractivity contribution >= 4 is 41.1 Å². The average Bonchev–Trinajstić information content (AvgIpc) is 2.54. The van der Waals surface area contributed by atoms with Crippen molar-refractivity contribution in [3.05, 3.63) is 23.2 Å². The van der Waals surface area contributed by atoms with Crippen molar-refractivity contribution in [2.24, 2.45) is 5.92 Å². The van der Waals surface area contributed by atoms with Crippen LogP contribution in [0.3, 0.4) is 0 Å². The predicted octanol–water partition coefficient (Wildman–Crippen LogP) is 4.03. The third-order valence-electron chi connectivity index (χ3n) is 3.62. The minimum Gasteiger partial charge on any atom is -0.481 e. The predicted molar refractivity (Wildman–Crippen MR) is 89.1 cm³/mol. The number of carboxylic acid groups (broad SMARTS) is 1. The SMILES string of the molecule is O=C(O)C1CCCN(C(=O)Nc2cccc(Cl)c2SCC(F)F)C1. The molecule has 1 aromatic rings. The second-order valence-corrected chi connectivity index (χ2v) is 6.81. The van der Waals surface area contributed by atoms with E-state index in [-0.39, 0.29) is 11.6 Å². The maximum absolute atomic E-state index is 12.4. The molecule has 1 atom stereocenters. The number of likely N-dealkylation sites (tertiary alicyclic amines) is 1. The first-order valence-corrected chi connectivity index (χ1v) is 8.73. The van der Waals surface area contributed by atoms with E-state index in [0.29, 0.717) is 30.0 Å². The molecule has 2 amide bonds. The molecule has 0 aromatic heterocycles. The molecular weight excluding hydrogens is 362 g/mol. The number of alkyl halides is 2. The Labute approximate surface area is 147 Å². The third kappa shape index (κ3) is 4.98. The first kappa shape index (κ1) is 18.8. The number of amides is 2. The molecule has 0 aliphatic carbocycles. The summed E-state index contributed by atoms with van der Waals surface area (Å²) in [7, 11) is 0. The van der Waals surface area contributed by atoms with E-state index >= 15 is 0 Å². The molecule has 24 heavy (non-hydrogen) atoms. The van der Waals surface area contributed by atoms with Gasteiger partial charge in [0.25, 0.3) is 0 Å². The summed E-state index contributed by atoms with van der Waals surface area (Å²) >= 11 is 6.91. The van der Waals surface area contributed by atoms with Crippen molar-refractivity contribution in [1.29, 1.82) is 0 Å². The number of urea groups is 1. The van der Waals surface area contributed by atoms with Crippen LogP contribution in [-0.4, -0.2) is 47.3 Å². The second kappa shape index (κ2) is 8.53. The largest absolute Gasteiger partial charge is 0.481 e. The van der Waals surface area contributed by atoms with Gasteiger partial charge in [0.2, 0.25) is 6.43 Å². The molecule has 132 valence electrons. The number of aliphatic carboxylic acids is 1. The van der Waals surface area contributed by atoms with Gasteiger partial charge in [-0.2, -0.15) is 0 Å². The molecule has 1 unspecified atom stereocenters. The minimum absolute atomic E-state index is 0.126. The molecule has 1 aromatic carbocycles. The lowest BCUT2D eigenvalue weighted by Gasteiger charge is -2.31. The van der Waals surface area contributed by atoms with Crippen LogP contribution in [-0.2, 0) is 4.79 Å². The first-order valence-electron chi connectivity index (χ1n) is 7.36. The Morgan fingerprint density at radius 2 is 2.21 bits per heavy atom. The number of carbonyl (C=O) groups excluding carboxylic acids is 1. The van der Waals surface area contributed by atoms with Crippen molar-refractivity contribution in [2.75, 3.05) is 24.2 Å². The van der Waals surface area contributed by atoms with Crippen LogP contribution in [0.15, 0.2) is 23.1 Å². The van der Waals surface area contributed by atoms with Gasteiger partial charge < -0.3 is 15.3 Å². The van der Waals surface area contributed by atoms with Crippen LogP contribution in [0, 0.1) is 5.92 Å². The molecule has 9 heteroatoms. The zero-order valence-corrected chi connectivity index (χ0v) is 14.2. The number of nitrogens with zero attached hydrogens (tertiary/aromatic N) is 1. The number of halogens is 3. The van der Waals surface area contributed by atoms with E-state index in [1.165, 1.54) is 4.90 Å². The van der Waals surface area contributed by atoms with Crippen molar-refractivity contribution in [3.63, 3.8) is 0 Å². The van der Waals surface area contributed by atoms with E-state index in [1.807, 2.05) is 0 Å². The van der Waals surface area contributed by atoms with Crippen LogP contribution in [0.4, 0.5) is 19.3 Å². The standard InChI is InChI=1S/C15H17ClF2N2O3S/c16-10-4-1-5-11(13(10)24-8-12(17)18)19-15(23)20-6-2-3-9(7-20)14(21)22/h1,4-5,9,12H,2-3,6-8H2,(H,19,23)(H,21,22). The number of nitrogens with one attached hydrogen (secondary N) is 1. The summed E-state index contributed by atoms with van der Waals surface area (Å²) in [5.41, 5.74) is 0.343. The lowest BCUT2D eigenvalue weighted by Crippen LogP contribution is -2.44. The van der Waals surface area contributed by atoms with Gasteiger partial charge in [0.05, 0.1) is 22.4 Å². The number of hydrogen-bond acceptors (Lipinski definition) is 3. The Kier molecular flexibility index (Phi) is 6.68. The molecule has 1 aliphatic heterocycles.